The average Bonchev–Trinajstić information content (AvgIpc) is 3.04. The maximum atomic E-state index is 12.7. The van der Waals surface area contributed by atoms with Crippen molar-refractivity contribution < 1.29 is 19.1 Å². The Morgan fingerprint density at radius 1 is 1.12 bits per heavy atom. The van der Waals surface area contributed by atoms with Crippen molar-refractivity contribution in [2.45, 2.75) is 97.7 Å². The van der Waals surface area contributed by atoms with Gasteiger partial charge in [-0.15, -0.1) is 11.3 Å². The molecule has 1 aromatic heterocycles. The first kappa shape index (κ1) is 25.1. The largest absolute Gasteiger partial charge is 0.465 e. The molecule has 0 N–H and O–H groups in total. The first-order chi connectivity index (χ1) is 14.9. The van der Waals surface area contributed by atoms with E-state index in [0.717, 1.165) is 36.4 Å². The standard InChI is InChI=1S/C26H39NO4S/c1-18-8-7-14-25(5)26(6,31-25)20(10-11-21-17-32-19(2)27-21)16-30-23(29)13-15-24(3,4)22(28)12-9-18/h10-11,17-18,20H,7-9,12-16H2,1-6H3. The van der Waals surface area contributed by atoms with E-state index in [1.807, 2.05) is 32.2 Å². The number of cyclic esters (lactones) is 1. The molecule has 178 valence electrons. The highest BCUT2D eigenvalue weighted by atomic mass is 32.1. The van der Waals surface area contributed by atoms with E-state index in [1.165, 1.54) is 0 Å². The average molecular weight is 462 g/mol. The summed E-state index contributed by atoms with van der Waals surface area (Å²) in [5, 5.41) is 3.06. The number of esters is 1. The summed E-state index contributed by atoms with van der Waals surface area (Å²) in [5.41, 5.74) is -0.182. The molecule has 2 saturated heterocycles. The molecule has 0 bridgehead atoms. The maximum absolute atomic E-state index is 12.7. The van der Waals surface area contributed by atoms with E-state index in [2.05, 4.69) is 31.8 Å². The molecule has 2 fully saturated rings. The Morgan fingerprint density at radius 3 is 2.56 bits per heavy atom. The third-order valence-corrected chi connectivity index (χ3v) is 8.43. The predicted molar refractivity (Wildman–Crippen MR) is 129 cm³/mol. The molecule has 6 heteroatoms. The molecule has 32 heavy (non-hydrogen) atoms. The van der Waals surface area contributed by atoms with Crippen LogP contribution in [-0.4, -0.2) is 34.5 Å². The van der Waals surface area contributed by atoms with Gasteiger partial charge < -0.3 is 9.47 Å². The molecule has 1 aromatic rings. The third kappa shape index (κ3) is 5.88. The Kier molecular flexibility index (Phi) is 7.66. The molecule has 3 heterocycles. The van der Waals surface area contributed by atoms with Crippen molar-refractivity contribution in [3.8, 4) is 0 Å². The van der Waals surface area contributed by atoms with Gasteiger partial charge in [-0.05, 0) is 52.0 Å². The number of aryl methyl sites for hydroxylation is 1. The molecular weight excluding hydrogens is 422 g/mol. The van der Waals surface area contributed by atoms with Crippen molar-refractivity contribution in [3.05, 3.63) is 22.2 Å². The van der Waals surface area contributed by atoms with Crippen LogP contribution >= 0.6 is 11.3 Å². The summed E-state index contributed by atoms with van der Waals surface area (Å²) in [7, 11) is 0. The lowest BCUT2D eigenvalue weighted by molar-refractivity contribution is -0.146. The molecule has 0 aliphatic carbocycles. The van der Waals surface area contributed by atoms with Crippen LogP contribution in [-0.2, 0) is 19.1 Å². The van der Waals surface area contributed by atoms with Gasteiger partial charge in [0, 0.05) is 29.6 Å². The number of epoxide rings is 1. The molecule has 0 aromatic carbocycles. The van der Waals surface area contributed by atoms with Crippen molar-refractivity contribution in [1.82, 2.24) is 4.98 Å². The van der Waals surface area contributed by atoms with E-state index >= 15 is 0 Å². The minimum Gasteiger partial charge on any atom is -0.465 e. The minimum absolute atomic E-state index is 0.0570. The molecule has 4 atom stereocenters. The van der Waals surface area contributed by atoms with Crippen molar-refractivity contribution in [1.29, 1.82) is 0 Å². The lowest BCUT2D eigenvalue weighted by Gasteiger charge is -2.25. The molecule has 5 nitrogen and oxygen atoms in total. The monoisotopic (exact) mass is 461 g/mol. The van der Waals surface area contributed by atoms with Gasteiger partial charge in [0.2, 0.25) is 0 Å². The van der Waals surface area contributed by atoms with Gasteiger partial charge in [0.15, 0.2) is 0 Å². The number of carbonyl (C=O) groups is 2. The summed E-state index contributed by atoms with van der Waals surface area (Å²) in [6, 6.07) is 0. The topological polar surface area (TPSA) is 68.8 Å². The van der Waals surface area contributed by atoms with E-state index in [4.69, 9.17) is 9.47 Å². The fourth-order valence-electron chi connectivity index (χ4n) is 4.74. The van der Waals surface area contributed by atoms with Crippen LogP contribution in [0.4, 0.5) is 0 Å². The smallest absolute Gasteiger partial charge is 0.305 e. The second kappa shape index (κ2) is 9.76. The van der Waals surface area contributed by atoms with E-state index in [0.29, 0.717) is 18.8 Å². The number of nitrogens with zero attached hydrogens (tertiary/aromatic N) is 1. The molecule has 3 rings (SSSR count). The quantitative estimate of drug-likeness (QED) is 0.390. The molecule has 2 aliphatic rings. The first-order valence-corrected chi connectivity index (χ1v) is 12.8. The van der Waals surface area contributed by atoms with Crippen molar-refractivity contribution in [2.24, 2.45) is 17.3 Å². The van der Waals surface area contributed by atoms with Gasteiger partial charge in [-0.2, -0.15) is 0 Å². The number of ether oxygens (including phenoxy) is 2. The number of ketones is 1. The van der Waals surface area contributed by atoms with Crippen LogP contribution in [0.2, 0.25) is 0 Å². The van der Waals surface area contributed by atoms with Gasteiger partial charge in [-0.25, -0.2) is 4.98 Å². The van der Waals surface area contributed by atoms with Crippen molar-refractivity contribution >= 4 is 29.2 Å². The highest BCUT2D eigenvalue weighted by Gasteiger charge is 2.66. The SMILES string of the molecule is Cc1nc(C=CC2COC(=O)CCC(C)(C)C(=O)CCC(C)CCCC3(C)OC23C)cs1. The van der Waals surface area contributed by atoms with Crippen LogP contribution in [0.3, 0.4) is 0 Å². The number of aromatic nitrogens is 1. The predicted octanol–water partition coefficient (Wildman–Crippen LogP) is 6.15. The molecular formula is C26H39NO4S. The zero-order valence-corrected chi connectivity index (χ0v) is 21.3. The summed E-state index contributed by atoms with van der Waals surface area (Å²) in [5.74, 6) is 0.442. The van der Waals surface area contributed by atoms with Crippen LogP contribution in [0, 0.1) is 24.2 Å². The number of hydrogen-bond acceptors (Lipinski definition) is 6. The Morgan fingerprint density at radius 2 is 1.88 bits per heavy atom. The van der Waals surface area contributed by atoms with Gasteiger partial charge in [0.1, 0.15) is 18.0 Å². The molecule has 0 saturated carbocycles. The van der Waals surface area contributed by atoms with Crippen LogP contribution in [0.25, 0.3) is 6.08 Å². The summed E-state index contributed by atoms with van der Waals surface area (Å²) >= 11 is 1.62. The fraction of sp³-hybridized carbons (Fsp3) is 0.731. The molecule has 2 aliphatic heterocycles. The Hall–Kier alpha value is -1.53. The van der Waals surface area contributed by atoms with Crippen molar-refractivity contribution in [2.75, 3.05) is 6.61 Å². The van der Waals surface area contributed by atoms with Crippen LogP contribution in [0.5, 0.6) is 0 Å². The number of fused-ring (bicyclic) bond motifs is 1. The van der Waals surface area contributed by atoms with E-state index in [-0.39, 0.29) is 41.9 Å². The minimum atomic E-state index is -0.498. The summed E-state index contributed by atoms with van der Waals surface area (Å²) < 4.78 is 12.0. The Balaban J connectivity index is 1.77. The van der Waals surface area contributed by atoms with Crippen LogP contribution in [0.1, 0.15) is 90.3 Å². The normalized spacial score (nSPS) is 34.8. The number of hydrogen-bond donors (Lipinski definition) is 0. The maximum Gasteiger partial charge on any atom is 0.305 e. The second-order valence-corrected chi connectivity index (χ2v) is 11.8. The Labute approximate surface area is 197 Å². The first-order valence-electron chi connectivity index (χ1n) is 11.9. The second-order valence-electron chi connectivity index (χ2n) is 10.7. The van der Waals surface area contributed by atoms with Crippen molar-refractivity contribution in [3.63, 3.8) is 0 Å². The summed E-state index contributed by atoms with van der Waals surface area (Å²) in [6.45, 7) is 12.7. The van der Waals surface area contributed by atoms with Gasteiger partial charge in [-0.1, -0.05) is 39.7 Å². The Bertz CT molecular complexity index is 860. The zero-order chi connectivity index (χ0) is 23.6. The lowest BCUT2D eigenvalue weighted by atomic mass is 9.79. The molecule has 0 spiro atoms. The third-order valence-electron chi connectivity index (χ3n) is 7.64. The van der Waals surface area contributed by atoms with Gasteiger partial charge >= 0.3 is 5.97 Å². The number of carbonyl (C=O) groups excluding carboxylic acids is 2. The van der Waals surface area contributed by atoms with E-state index in [9.17, 15) is 9.59 Å². The highest BCUT2D eigenvalue weighted by Crippen LogP contribution is 2.56. The fourth-order valence-corrected chi connectivity index (χ4v) is 5.32. The summed E-state index contributed by atoms with van der Waals surface area (Å²) in [4.78, 5) is 29.8. The molecule has 0 radical (unpaired) electrons. The van der Waals surface area contributed by atoms with Gasteiger partial charge in [0.25, 0.3) is 0 Å². The molecule has 0 amide bonds. The van der Waals surface area contributed by atoms with Crippen LogP contribution < -0.4 is 0 Å². The number of thiazole rings is 1. The molecule has 4 unspecified atom stereocenters. The zero-order valence-electron chi connectivity index (χ0n) is 20.5. The summed E-state index contributed by atoms with van der Waals surface area (Å²) in [6.07, 6.45) is 9.47. The lowest BCUT2D eigenvalue weighted by Crippen LogP contribution is -2.32. The van der Waals surface area contributed by atoms with Crippen LogP contribution in [0.15, 0.2) is 11.5 Å². The highest BCUT2D eigenvalue weighted by molar-refractivity contribution is 7.09. The van der Waals surface area contributed by atoms with E-state index < -0.39 is 5.41 Å². The van der Waals surface area contributed by atoms with Gasteiger partial charge in [-0.3, -0.25) is 9.59 Å². The van der Waals surface area contributed by atoms with E-state index in [1.54, 1.807) is 11.3 Å². The number of Topliss-reactive ketones (excluding diaryl/α,β-unsaturated/α-hetero) is 1. The van der Waals surface area contributed by atoms with Gasteiger partial charge in [0.05, 0.1) is 16.3 Å². The number of rotatable bonds is 2.